The Labute approximate surface area is 117 Å². The van der Waals surface area contributed by atoms with E-state index < -0.39 is 0 Å². The number of nitrogens with zero attached hydrogens (tertiary/aromatic N) is 2. The average molecular weight is 261 g/mol. The van der Waals surface area contributed by atoms with E-state index in [1.165, 1.54) is 44.6 Å². The van der Waals surface area contributed by atoms with E-state index in [1.807, 2.05) is 12.1 Å². The van der Waals surface area contributed by atoms with Crippen LogP contribution in [-0.4, -0.2) is 43.0 Å². The molecule has 0 saturated carbocycles. The van der Waals surface area contributed by atoms with Gasteiger partial charge >= 0.3 is 0 Å². The molecule has 0 amide bonds. The van der Waals surface area contributed by atoms with Crippen LogP contribution in [0.25, 0.3) is 0 Å². The van der Waals surface area contributed by atoms with E-state index in [-0.39, 0.29) is 0 Å². The quantitative estimate of drug-likeness (QED) is 0.798. The third-order valence-corrected chi connectivity index (χ3v) is 3.90. The minimum absolute atomic E-state index is 0.831. The number of likely N-dealkylation sites (tertiary alicyclic amines) is 1. The summed E-state index contributed by atoms with van der Waals surface area (Å²) in [6.07, 6.45) is 2.58. The van der Waals surface area contributed by atoms with Gasteiger partial charge in [0.25, 0.3) is 0 Å². The molecule has 0 radical (unpaired) electrons. The molecular weight excluding hydrogens is 234 g/mol. The zero-order valence-corrected chi connectivity index (χ0v) is 12.3. The highest BCUT2D eigenvalue weighted by Crippen LogP contribution is 2.20. The van der Waals surface area contributed by atoms with Gasteiger partial charge in [-0.05, 0) is 56.6 Å². The third kappa shape index (κ3) is 4.51. The van der Waals surface area contributed by atoms with E-state index in [0.29, 0.717) is 0 Å². The lowest BCUT2D eigenvalue weighted by Crippen LogP contribution is -2.28. The van der Waals surface area contributed by atoms with Crippen LogP contribution in [0.15, 0.2) is 24.3 Å². The number of hydrogen-bond donors (Lipinski definition) is 1. The van der Waals surface area contributed by atoms with Crippen LogP contribution < -0.4 is 5.73 Å². The van der Waals surface area contributed by atoms with Gasteiger partial charge < -0.3 is 10.6 Å². The van der Waals surface area contributed by atoms with Gasteiger partial charge in [0, 0.05) is 25.3 Å². The lowest BCUT2D eigenvalue weighted by molar-refractivity contribution is 0.260. The molecule has 0 aliphatic carbocycles. The summed E-state index contributed by atoms with van der Waals surface area (Å²) in [7, 11) is 2.24. The molecule has 1 fully saturated rings. The zero-order chi connectivity index (χ0) is 13.7. The van der Waals surface area contributed by atoms with Crippen molar-refractivity contribution in [3.8, 4) is 0 Å². The Hall–Kier alpha value is -1.06. The number of benzene rings is 1. The molecule has 1 unspecified atom stereocenters. The predicted octanol–water partition coefficient (Wildman–Crippen LogP) is 2.43. The maximum atomic E-state index is 5.83. The maximum absolute atomic E-state index is 5.83. The normalized spacial score (nSPS) is 20.3. The fourth-order valence-corrected chi connectivity index (χ4v) is 3.07. The maximum Gasteiger partial charge on any atom is 0.0317 e. The van der Waals surface area contributed by atoms with Crippen molar-refractivity contribution in [2.75, 3.05) is 39.0 Å². The summed E-state index contributed by atoms with van der Waals surface area (Å²) >= 11 is 0. The molecule has 106 valence electrons. The lowest BCUT2D eigenvalue weighted by atomic mass is 10.1. The van der Waals surface area contributed by atoms with Crippen LogP contribution in [0.1, 0.15) is 25.3 Å². The molecule has 3 heteroatoms. The molecule has 3 nitrogen and oxygen atoms in total. The van der Waals surface area contributed by atoms with E-state index in [0.717, 1.165) is 18.2 Å². The highest BCUT2D eigenvalue weighted by Gasteiger charge is 2.23. The summed E-state index contributed by atoms with van der Waals surface area (Å²) in [5, 5.41) is 0. The van der Waals surface area contributed by atoms with Gasteiger partial charge in [-0.25, -0.2) is 0 Å². The molecule has 1 heterocycles. The highest BCUT2D eigenvalue weighted by molar-refractivity contribution is 5.40. The van der Waals surface area contributed by atoms with Gasteiger partial charge in [-0.1, -0.05) is 19.1 Å². The van der Waals surface area contributed by atoms with Gasteiger partial charge in [0.15, 0.2) is 0 Å². The van der Waals surface area contributed by atoms with Crippen molar-refractivity contribution in [3.05, 3.63) is 29.8 Å². The second-order valence-corrected chi connectivity index (χ2v) is 5.90. The number of anilines is 1. The fourth-order valence-electron chi connectivity index (χ4n) is 3.07. The Kier molecular flexibility index (Phi) is 5.23. The summed E-state index contributed by atoms with van der Waals surface area (Å²) in [6, 6.07) is 8.27. The molecule has 1 atom stereocenters. The van der Waals surface area contributed by atoms with Crippen LogP contribution >= 0.6 is 0 Å². The second kappa shape index (κ2) is 6.92. The van der Waals surface area contributed by atoms with Gasteiger partial charge in [-0.2, -0.15) is 0 Å². The van der Waals surface area contributed by atoms with Gasteiger partial charge in [0.05, 0.1) is 0 Å². The molecule has 0 spiro atoms. The highest BCUT2D eigenvalue weighted by atomic mass is 15.2. The number of rotatable bonds is 6. The Morgan fingerprint density at radius 3 is 3.00 bits per heavy atom. The molecule has 2 rings (SSSR count). The minimum Gasteiger partial charge on any atom is -0.399 e. The molecule has 1 saturated heterocycles. The summed E-state index contributed by atoms with van der Waals surface area (Å²) in [5.41, 5.74) is 8.04. The number of nitrogens with two attached hydrogens (primary N) is 1. The standard InChI is InChI=1S/C16H27N3/c1-3-8-18(2)11-15-7-9-19(13-15)12-14-5-4-6-16(17)10-14/h4-6,10,15H,3,7-9,11-13,17H2,1-2H3. The van der Waals surface area contributed by atoms with Gasteiger partial charge in [0.2, 0.25) is 0 Å². The summed E-state index contributed by atoms with van der Waals surface area (Å²) in [5.74, 6) is 0.831. The third-order valence-electron chi connectivity index (χ3n) is 3.90. The molecule has 0 aromatic heterocycles. The van der Waals surface area contributed by atoms with Crippen molar-refractivity contribution < 1.29 is 0 Å². The SMILES string of the molecule is CCCN(C)CC1CCN(Cc2cccc(N)c2)C1. The largest absolute Gasteiger partial charge is 0.399 e. The summed E-state index contributed by atoms with van der Waals surface area (Å²) in [6.45, 7) is 8.19. The van der Waals surface area contributed by atoms with Crippen LogP contribution in [0.4, 0.5) is 5.69 Å². The molecule has 1 aliphatic heterocycles. The van der Waals surface area contributed by atoms with Crippen LogP contribution in [0.5, 0.6) is 0 Å². The first-order valence-electron chi connectivity index (χ1n) is 7.42. The van der Waals surface area contributed by atoms with Crippen LogP contribution in [0, 0.1) is 5.92 Å². The first-order valence-corrected chi connectivity index (χ1v) is 7.42. The zero-order valence-electron chi connectivity index (χ0n) is 12.3. The van der Waals surface area contributed by atoms with Crippen LogP contribution in [0.2, 0.25) is 0 Å². The minimum atomic E-state index is 0.831. The molecule has 1 aliphatic rings. The van der Waals surface area contributed by atoms with Crippen molar-refractivity contribution in [2.45, 2.75) is 26.3 Å². The molecule has 0 bridgehead atoms. The van der Waals surface area contributed by atoms with Gasteiger partial charge in [0.1, 0.15) is 0 Å². The first-order chi connectivity index (χ1) is 9.17. The van der Waals surface area contributed by atoms with Crippen molar-refractivity contribution in [1.82, 2.24) is 9.80 Å². The second-order valence-electron chi connectivity index (χ2n) is 5.90. The summed E-state index contributed by atoms with van der Waals surface area (Å²) < 4.78 is 0. The molecular formula is C16H27N3. The molecule has 19 heavy (non-hydrogen) atoms. The number of hydrogen-bond acceptors (Lipinski definition) is 3. The Balaban J connectivity index is 1.79. The average Bonchev–Trinajstić information content (AvgIpc) is 2.76. The molecule has 1 aromatic rings. The Morgan fingerprint density at radius 1 is 1.42 bits per heavy atom. The first kappa shape index (κ1) is 14.4. The van der Waals surface area contributed by atoms with Gasteiger partial charge in [-0.15, -0.1) is 0 Å². The monoisotopic (exact) mass is 261 g/mol. The smallest absolute Gasteiger partial charge is 0.0317 e. The van der Waals surface area contributed by atoms with Crippen molar-refractivity contribution >= 4 is 5.69 Å². The van der Waals surface area contributed by atoms with Crippen molar-refractivity contribution in [1.29, 1.82) is 0 Å². The van der Waals surface area contributed by atoms with E-state index in [4.69, 9.17) is 5.73 Å². The van der Waals surface area contributed by atoms with E-state index in [1.54, 1.807) is 0 Å². The molecule has 2 N–H and O–H groups in total. The Bertz CT molecular complexity index is 391. The van der Waals surface area contributed by atoms with E-state index >= 15 is 0 Å². The topological polar surface area (TPSA) is 32.5 Å². The molecule has 1 aromatic carbocycles. The fraction of sp³-hybridized carbons (Fsp3) is 0.625. The summed E-state index contributed by atoms with van der Waals surface area (Å²) in [4.78, 5) is 5.02. The van der Waals surface area contributed by atoms with Crippen molar-refractivity contribution in [3.63, 3.8) is 0 Å². The van der Waals surface area contributed by atoms with E-state index in [2.05, 4.69) is 35.9 Å². The van der Waals surface area contributed by atoms with Crippen LogP contribution in [-0.2, 0) is 6.54 Å². The Morgan fingerprint density at radius 2 is 2.26 bits per heavy atom. The van der Waals surface area contributed by atoms with Gasteiger partial charge in [-0.3, -0.25) is 4.90 Å². The van der Waals surface area contributed by atoms with Crippen LogP contribution in [0.3, 0.4) is 0 Å². The van der Waals surface area contributed by atoms with E-state index in [9.17, 15) is 0 Å². The number of nitrogen functional groups attached to an aromatic ring is 1. The lowest BCUT2D eigenvalue weighted by Gasteiger charge is -2.21. The van der Waals surface area contributed by atoms with Crippen molar-refractivity contribution in [2.24, 2.45) is 5.92 Å². The predicted molar refractivity (Wildman–Crippen MR) is 82.0 cm³/mol.